The molecular weight excluding hydrogens is 401 g/mol. The summed E-state index contributed by atoms with van der Waals surface area (Å²) in [5.41, 5.74) is 1.94. The molecule has 2 aromatic carbocycles. The summed E-state index contributed by atoms with van der Waals surface area (Å²) in [5.74, 6) is -0.618. The van der Waals surface area contributed by atoms with Crippen molar-refractivity contribution in [2.45, 2.75) is 12.8 Å². The van der Waals surface area contributed by atoms with Crippen molar-refractivity contribution in [1.82, 2.24) is 5.32 Å². The second-order valence-electron chi connectivity index (χ2n) is 7.79. The molecule has 31 heavy (non-hydrogen) atoms. The lowest BCUT2D eigenvalue weighted by Crippen LogP contribution is -2.38. The Bertz CT molecular complexity index is 971. The fourth-order valence-corrected chi connectivity index (χ4v) is 3.54. The molecule has 2 aliphatic rings. The predicted octanol–water partition coefficient (Wildman–Crippen LogP) is 3.06. The Hall–Kier alpha value is -3.13. The Morgan fingerprint density at radius 2 is 1.90 bits per heavy atom. The van der Waals surface area contributed by atoms with Crippen LogP contribution < -0.4 is 20.3 Å². The van der Waals surface area contributed by atoms with Crippen molar-refractivity contribution in [3.63, 3.8) is 0 Å². The van der Waals surface area contributed by atoms with Gasteiger partial charge >= 0.3 is 0 Å². The van der Waals surface area contributed by atoms with Crippen LogP contribution in [0.15, 0.2) is 36.4 Å². The maximum atomic E-state index is 14.0. The highest BCUT2D eigenvalue weighted by molar-refractivity contribution is 6.06. The number of amides is 2. The first-order valence-corrected chi connectivity index (χ1v) is 10.4. The second-order valence-corrected chi connectivity index (χ2v) is 7.79. The molecule has 0 unspecified atom stereocenters. The molecule has 2 amide bonds. The first-order valence-electron chi connectivity index (χ1n) is 10.4. The van der Waals surface area contributed by atoms with E-state index < -0.39 is 11.7 Å². The maximum Gasteiger partial charge on any atom is 0.255 e. The number of rotatable bonds is 7. The number of ether oxygens (including phenoxy) is 2. The molecule has 1 aliphatic heterocycles. The molecule has 1 saturated carbocycles. The molecule has 7 nitrogen and oxygen atoms in total. The number of carbonyl (C=O) groups is 2. The monoisotopic (exact) mass is 427 g/mol. The van der Waals surface area contributed by atoms with Crippen LogP contribution in [0.1, 0.15) is 33.6 Å². The summed E-state index contributed by atoms with van der Waals surface area (Å²) in [6.45, 7) is 3.25. The van der Waals surface area contributed by atoms with Gasteiger partial charge in [-0.05, 0) is 55.2 Å². The van der Waals surface area contributed by atoms with Crippen molar-refractivity contribution in [3.05, 3.63) is 53.3 Å². The van der Waals surface area contributed by atoms with E-state index in [2.05, 4.69) is 15.5 Å². The first kappa shape index (κ1) is 21.1. The number of methoxy groups -OCH3 is 1. The number of halogens is 1. The van der Waals surface area contributed by atoms with Gasteiger partial charge in [0.25, 0.3) is 11.8 Å². The third kappa shape index (κ3) is 5.14. The first-order chi connectivity index (χ1) is 15.0. The minimum absolute atomic E-state index is 0.0704. The summed E-state index contributed by atoms with van der Waals surface area (Å²) in [6.07, 6.45) is 2.29. The molecule has 2 aromatic rings. The van der Waals surface area contributed by atoms with Crippen molar-refractivity contribution in [3.8, 4) is 5.75 Å². The van der Waals surface area contributed by atoms with Crippen molar-refractivity contribution in [2.24, 2.45) is 5.92 Å². The molecule has 1 heterocycles. The van der Waals surface area contributed by atoms with Crippen LogP contribution >= 0.6 is 0 Å². The van der Waals surface area contributed by atoms with E-state index in [1.54, 1.807) is 12.1 Å². The lowest BCUT2D eigenvalue weighted by molar-refractivity contribution is 0.0949. The van der Waals surface area contributed by atoms with Gasteiger partial charge in [-0.2, -0.15) is 0 Å². The fourth-order valence-electron chi connectivity index (χ4n) is 3.54. The molecule has 164 valence electrons. The molecule has 0 spiro atoms. The number of benzene rings is 2. The Labute approximate surface area is 180 Å². The van der Waals surface area contributed by atoms with Crippen molar-refractivity contribution in [1.29, 1.82) is 0 Å². The Kier molecular flexibility index (Phi) is 6.36. The van der Waals surface area contributed by atoms with E-state index in [4.69, 9.17) is 9.47 Å². The van der Waals surface area contributed by atoms with Crippen molar-refractivity contribution >= 4 is 23.2 Å². The van der Waals surface area contributed by atoms with Crippen LogP contribution in [-0.4, -0.2) is 51.8 Å². The summed E-state index contributed by atoms with van der Waals surface area (Å²) >= 11 is 0. The number of nitrogens with one attached hydrogen (secondary N) is 2. The Morgan fingerprint density at radius 3 is 2.58 bits per heavy atom. The molecule has 4 rings (SSSR count). The smallest absolute Gasteiger partial charge is 0.255 e. The largest absolute Gasteiger partial charge is 0.494 e. The standard InChI is InChI=1S/C23H26FN3O4/c1-30-21-7-4-16(12-19(21)24)22(28)26-17-5-6-20(27-8-10-31-11-9-27)18(13-17)23(29)25-14-15-2-3-15/h4-7,12-13,15H,2-3,8-11,14H2,1H3,(H,25,29)(H,26,28). The second kappa shape index (κ2) is 9.34. The molecular formula is C23H26FN3O4. The van der Waals surface area contributed by atoms with Gasteiger partial charge in [-0.3, -0.25) is 9.59 Å². The third-order valence-electron chi connectivity index (χ3n) is 5.51. The van der Waals surface area contributed by atoms with Gasteiger partial charge in [0.2, 0.25) is 0 Å². The minimum atomic E-state index is -0.613. The van der Waals surface area contributed by atoms with Crippen LogP contribution in [0.5, 0.6) is 5.75 Å². The number of nitrogens with zero attached hydrogens (tertiary/aromatic N) is 1. The molecule has 0 radical (unpaired) electrons. The van der Waals surface area contributed by atoms with Gasteiger partial charge in [0, 0.05) is 36.6 Å². The van der Waals surface area contributed by atoms with Crippen LogP contribution in [0.25, 0.3) is 0 Å². The van der Waals surface area contributed by atoms with Crippen molar-refractivity contribution in [2.75, 3.05) is 50.2 Å². The number of carbonyl (C=O) groups excluding carboxylic acids is 2. The average Bonchev–Trinajstić information content (AvgIpc) is 3.62. The SMILES string of the molecule is COc1ccc(C(=O)Nc2ccc(N3CCOCC3)c(C(=O)NCC3CC3)c2)cc1F. The summed E-state index contributed by atoms with van der Waals surface area (Å²) < 4.78 is 24.3. The quantitative estimate of drug-likeness (QED) is 0.710. The summed E-state index contributed by atoms with van der Waals surface area (Å²) in [4.78, 5) is 27.6. The highest BCUT2D eigenvalue weighted by atomic mass is 19.1. The Balaban J connectivity index is 1.55. The normalized spacial score (nSPS) is 16.0. The van der Waals surface area contributed by atoms with Gasteiger partial charge in [0.1, 0.15) is 0 Å². The average molecular weight is 427 g/mol. The lowest BCUT2D eigenvalue weighted by atomic mass is 10.1. The van der Waals surface area contributed by atoms with Gasteiger partial charge in [0.15, 0.2) is 11.6 Å². The van der Waals surface area contributed by atoms with Gasteiger partial charge in [0.05, 0.1) is 25.9 Å². The minimum Gasteiger partial charge on any atom is -0.494 e. The molecule has 0 aromatic heterocycles. The molecule has 2 N–H and O–H groups in total. The maximum absolute atomic E-state index is 14.0. The summed E-state index contributed by atoms with van der Waals surface area (Å²) in [5, 5.41) is 5.76. The van der Waals surface area contributed by atoms with E-state index in [0.717, 1.165) is 24.6 Å². The van der Waals surface area contributed by atoms with E-state index in [1.807, 2.05) is 6.07 Å². The number of morpholine rings is 1. The number of hydrogen-bond acceptors (Lipinski definition) is 5. The fraction of sp³-hybridized carbons (Fsp3) is 0.391. The number of hydrogen-bond donors (Lipinski definition) is 2. The zero-order valence-corrected chi connectivity index (χ0v) is 17.4. The van der Waals surface area contributed by atoms with Gasteiger partial charge in [-0.25, -0.2) is 4.39 Å². The number of anilines is 2. The predicted molar refractivity (Wildman–Crippen MR) is 115 cm³/mol. The van der Waals surface area contributed by atoms with Gasteiger partial charge in [-0.1, -0.05) is 0 Å². The van der Waals surface area contributed by atoms with Crippen LogP contribution in [0.2, 0.25) is 0 Å². The molecule has 1 saturated heterocycles. The zero-order chi connectivity index (χ0) is 21.8. The van der Waals surface area contributed by atoms with E-state index >= 15 is 0 Å². The highest BCUT2D eigenvalue weighted by Crippen LogP contribution is 2.29. The van der Waals surface area contributed by atoms with Crippen LogP contribution in [-0.2, 0) is 4.74 Å². The van der Waals surface area contributed by atoms with Crippen molar-refractivity contribution < 1.29 is 23.5 Å². The lowest BCUT2D eigenvalue weighted by Gasteiger charge is -2.30. The van der Waals surface area contributed by atoms with E-state index in [0.29, 0.717) is 50.0 Å². The molecule has 0 atom stereocenters. The van der Waals surface area contributed by atoms with E-state index in [9.17, 15) is 14.0 Å². The van der Waals surface area contributed by atoms with E-state index in [1.165, 1.54) is 19.2 Å². The zero-order valence-electron chi connectivity index (χ0n) is 17.4. The van der Waals surface area contributed by atoms with Crippen LogP contribution in [0.4, 0.5) is 15.8 Å². The molecule has 2 fully saturated rings. The highest BCUT2D eigenvalue weighted by Gasteiger charge is 2.24. The molecule has 1 aliphatic carbocycles. The van der Waals surface area contributed by atoms with Crippen LogP contribution in [0.3, 0.4) is 0 Å². The van der Waals surface area contributed by atoms with Crippen LogP contribution in [0, 0.1) is 11.7 Å². The topological polar surface area (TPSA) is 79.9 Å². The van der Waals surface area contributed by atoms with E-state index in [-0.39, 0.29) is 17.2 Å². The third-order valence-corrected chi connectivity index (χ3v) is 5.51. The summed E-state index contributed by atoms with van der Waals surface area (Å²) in [7, 11) is 1.37. The van der Waals surface area contributed by atoms with Gasteiger partial charge in [-0.15, -0.1) is 0 Å². The molecule has 8 heteroatoms. The molecule has 0 bridgehead atoms. The Morgan fingerprint density at radius 1 is 1.13 bits per heavy atom. The van der Waals surface area contributed by atoms with Gasteiger partial charge < -0.3 is 25.0 Å². The summed E-state index contributed by atoms with van der Waals surface area (Å²) in [6, 6.07) is 9.28.